The molecule has 0 N–H and O–H groups in total. The summed E-state index contributed by atoms with van der Waals surface area (Å²) in [6.07, 6.45) is 2.05. The molecule has 0 aromatic heterocycles. The van der Waals surface area contributed by atoms with Crippen molar-refractivity contribution in [1.82, 2.24) is 4.90 Å². The quantitative estimate of drug-likeness (QED) is 0.639. The summed E-state index contributed by atoms with van der Waals surface area (Å²) in [6, 6.07) is 0. The predicted octanol–water partition coefficient (Wildman–Crippen LogP) is 1.55. The summed E-state index contributed by atoms with van der Waals surface area (Å²) in [6.45, 7) is 6.19. The first-order valence-corrected chi connectivity index (χ1v) is 4.87. The lowest BCUT2D eigenvalue weighted by Gasteiger charge is -2.13. The van der Waals surface area contributed by atoms with Crippen molar-refractivity contribution in [3.63, 3.8) is 0 Å². The number of ketones is 1. The first-order valence-electron chi connectivity index (χ1n) is 4.87. The van der Waals surface area contributed by atoms with Crippen LogP contribution in [0.15, 0.2) is 0 Å². The van der Waals surface area contributed by atoms with E-state index in [1.807, 2.05) is 6.92 Å². The molecule has 1 saturated heterocycles. The van der Waals surface area contributed by atoms with Gasteiger partial charge in [0.05, 0.1) is 0 Å². The van der Waals surface area contributed by atoms with Crippen molar-refractivity contribution >= 4 is 5.78 Å². The van der Waals surface area contributed by atoms with E-state index in [4.69, 9.17) is 0 Å². The van der Waals surface area contributed by atoms with Crippen LogP contribution in [0.2, 0.25) is 0 Å². The molecule has 2 unspecified atom stereocenters. The molecule has 70 valence electrons. The molecule has 0 radical (unpaired) electrons. The lowest BCUT2D eigenvalue weighted by atomic mass is 9.92. The van der Waals surface area contributed by atoms with Crippen molar-refractivity contribution < 1.29 is 4.79 Å². The minimum absolute atomic E-state index is 0.265. The van der Waals surface area contributed by atoms with Crippen LogP contribution in [0.1, 0.15) is 26.7 Å². The maximum Gasteiger partial charge on any atom is 0.140 e. The zero-order valence-corrected chi connectivity index (χ0v) is 8.34. The molecule has 0 saturated carbocycles. The van der Waals surface area contributed by atoms with Crippen LogP contribution < -0.4 is 0 Å². The number of Topliss-reactive ketones (excluding diaryl/α,β-unsaturated/α-hetero) is 1. The van der Waals surface area contributed by atoms with Gasteiger partial charge < -0.3 is 4.90 Å². The van der Waals surface area contributed by atoms with Crippen LogP contribution in [-0.4, -0.2) is 30.8 Å². The van der Waals surface area contributed by atoms with Crippen molar-refractivity contribution in [2.75, 3.05) is 20.1 Å². The van der Waals surface area contributed by atoms with Crippen molar-refractivity contribution in [3.05, 3.63) is 0 Å². The third-order valence-corrected chi connectivity index (χ3v) is 2.89. The molecular weight excluding hydrogens is 150 g/mol. The summed E-state index contributed by atoms with van der Waals surface area (Å²) in [5.41, 5.74) is 0. The van der Waals surface area contributed by atoms with Gasteiger partial charge in [0.15, 0.2) is 0 Å². The van der Waals surface area contributed by atoms with Gasteiger partial charge in [-0.1, -0.05) is 13.8 Å². The number of rotatable bonds is 3. The van der Waals surface area contributed by atoms with E-state index < -0.39 is 0 Å². The largest absolute Gasteiger partial charge is 0.306 e. The first kappa shape index (κ1) is 9.72. The summed E-state index contributed by atoms with van der Waals surface area (Å²) < 4.78 is 0. The van der Waals surface area contributed by atoms with E-state index in [1.54, 1.807) is 0 Å². The topological polar surface area (TPSA) is 20.3 Å². The van der Waals surface area contributed by atoms with Gasteiger partial charge >= 0.3 is 0 Å². The molecule has 0 aliphatic carbocycles. The van der Waals surface area contributed by atoms with Crippen molar-refractivity contribution in [3.8, 4) is 0 Å². The standard InChI is InChI=1S/C10H19NO/c1-4-8(2)10(12)9-5-6-11(3)7-9/h8-9H,4-7H2,1-3H3. The number of likely N-dealkylation sites (tertiary alicyclic amines) is 1. The van der Waals surface area contributed by atoms with E-state index in [-0.39, 0.29) is 5.92 Å². The minimum Gasteiger partial charge on any atom is -0.306 e. The second-order valence-corrected chi connectivity index (χ2v) is 3.96. The van der Waals surface area contributed by atoms with E-state index in [0.29, 0.717) is 11.7 Å². The lowest BCUT2D eigenvalue weighted by molar-refractivity contribution is -0.126. The predicted molar refractivity (Wildman–Crippen MR) is 50.1 cm³/mol. The monoisotopic (exact) mass is 169 g/mol. The molecule has 1 aliphatic rings. The Kier molecular flexibility index (Phi) is 3.27. The zero-order valence-electron chi connectivity index (χ0n) is 8.34. The highest BCUT2D eigenvalue weighted by Crippen LogP contribution is 2.20. The van der Waals surface area contributed by atoms with Crippen LogP contribution in [-0.2, 0) is 4.79 Å². The highest BCUT2D eigenvalue weighted by atomic mass is 16.1. The fourth-order valence-corrected chi connectivity index (χ4v) is 1.77. The molecule has 2 heteroatoms. The van der Waals surface area contributed by atoms with Gasteiger partial charge in [-0.2, -0.15) is 0 Å². The van der Waals surface area contributed by atoms with Crippen LogP contribution in [0.5, 0.6) is 0 Å². The van der Waals surface area contributed by atoms with Gasteiger partial charge in [0, 0.05) is 18.4 Å². The molecule has 0 amide bonds. The van der Waals surface area contributed by atoms with E-state index in [1.165, 1.54) is 0 Å². The lowest BCUT2D eigenvalue weighted by Crippen LogP contribution is -2.24. The Hall–Kier alpha value is -0.370. The Morgan fingerprint density at radius 1 is 1.67 bits per heavy atom. The molecule has 1 heterocycles. The summed E-state index contributed by atoms with van der Waals surface area (Å²) in [4.78, 5) is 13.9. The molecule has 0 aromatic carbocycles. The molecule has 0 spiro atoms. The SMILES string of the molecule is CCC(C)C(=O)C1CCN(C)C1. The van der Waals surface area contributed by atoms with Gasteiger partial charge in [0.25, 0.3) is 0 Å². The average molecular weight is 169 g/mol. The van der Waals surface area contributed by atoms with Gasteiger partial charge in [-0.3, -0.25) is 4.79 Å². The van der Waals surface area contributed by atoms with Gasteiger partial charge in [-0.05, 0) is 26.4 Å². The molecule has 12 heavy (non-hydrogen) atoms. The molecule has 1 rings (SSSR count). The van der Waals surface area contributed by atoms with E-state index in [2.05, 4.69) is 18.9 Å². The van der Waals surface area contributed by atoms with Crippen LogP contribution in [0.4, 0.5) is 0 Å². The maximum atomic E-state index is 11.7. The zero-order chi connectivity index (χ0) is 9.14. The third kappa shape index (κ3) is 2.07. The maximum absolute atomic E-state index is 11.7. The fourth-order valence-electron chi connectivity index (χ4n) is 1.77. The number of hydrogen-bond donors (Lipinski definition) is 0. The summed E-state index contributed by atoms with van der Waals surface area (Å²) in [5, 5.41) is 0. The fraction of sp³-hybridized carbons (Fsp3) is 0.900. The van der Waals surface area contributed by atoms with Crippen molar-refractivity contribution in [2.24, 2.45) is 11.8 Å². The molecule has 2 nitrogen and oxygen atoms in total. The molecular formula is C10H19NO. The highest BCUT2D eigenvalue weighted by molar-refractivity contribution is 5.83. The van der Waals surface area contributed by atoms with Gasteiger partial charge in [0.2, 0.25) is 0 Å². The molecule has 1 aliphatic heterocycles. The Morgan fingerprint density at radius 3 is 2.75 bits per heavy atom. The summed E-state index contributed by atoms with van der Waals surface area (Å²) in [7, 11) is 2.09. The second kappa shape index (κ2) is 4.04. The van der Waals surface area contributed by atoms with E-state index in [9.17, 15) is 4.79 Å². The summed E-state index contributed by atoms with van der Waals surface area (Å²) >= 11 is 0. The number of carbonyl (C=O) groups excluding carboxylic acids is 1. The smallest absolute Gasteiger partial charge is 0.140 e. The Labute approximate surface area is 74.9 Å². The third-order valence-electron chi connectivity index (χ3n) is 2.89. The molecule has 1 fully saturated rings. The highest BCUT2D eigenvalue weighted by Gasteiger charge is 2.28. The van der Waals surface area contributed by atoms with Gasteiger partial charge in [0.1, 0.15) is 5.78 Å². The number of nitrogens with zero attached hydrogens (tertiary/aromatic N) is 1. The van der Waals surface area contributed by atoms with E-state index in [0.717, 1.165) is 25.9 Å². The molecule has 0 aromatic rings. The van der Waals surface area contributed by atoms with Crippen LogP contribution >= 0.6 is 0 Å². The van der Waals surface area contributed by atoms with Crippen LogP contribution in [0.3, 0.4) is 0 Å². The van der Waals surface area contributed by atoms with Crippen molar-refractivity contribution in [1.29, 1.82) is 0 Å². The average Bonchev–Trinajstić information content (AvgIpc) is 2.49. The Balaban J connectivity index is 2.43. The van der Waals surface area contributed by atoms with Crippen LogP contribution in [0, 0.1) is 11.8 Å². The van der Waals surface area contributed by atoms with E-state index >= 15 is 0 Å². The normalized spacial score (nSPS) is 27.4. The number of hydrogen-bond acceptors (Lipinski definition) is 2. The van der Waals surface area contributed by atoms with Gasteiger partial charge in [-0.15, -0.1) is 0 Å². The second-order valence-electron chi connectivity index (χ2n) is 3.96. The summed E-state index contributed by atoms with van der Waals surface area (Å²) in [5.74, 6) is 1.06. The Morgan fingerprint density at radius 2 is 2.33 bits per heavy atom. The molecule has 0 bridgehead atoms. The molecule has 2 atom stereocenters. The minimum atomic E-state index is 0.265. The van der Waals surface area contributed by atoms with Gasteiger partial charge in [-0.25, -0.2) is 0 Å². The van der Waals surface area contributed by atoms with Crippen LogP contribution in [0.25, 0.3) is 0 Å². The Bertz CT molecular complexity index is 167. The van der Waals surface area contributed by atoms with Crippen molar-refractivity contribution in [2.45, 2.75) is 26.7 Å². The first-order chi connectivity index (χ1) is 5.65. The number of carbonyl (C=O) groups is 1.